The molecular formula is C12H15BrO. The van der Waals surface area contributed by atoms with E-state index in [1.54, 1.807) is 0 Å². The van der Waals surface area contributed by atoms with Crippen molar-refractivity contribution in [3.05, 3.63) is 34.3 Å². The zero-order chi connectivity index (χ0) is 10.0. The molecule has 14 heavy (non-hydrogen) atoms. The summed E-state index contributed by atoms with van der Waals surface area (Å²) in [7, 11) is 0. The molecule has 1 saturated carbocycles. The van der Waals surface area contributed by atoms with E-state index in [0.717, 1.165) is 17.3 Å². The lowest BCUT2D eigenvalue weighted by molar-refractivity contribution is 0.277. The van der Waals surface area contributed by atoms with Gasteiger partial charge in [-0.15, -0.1) is 0 Å². The van der Waals surface area contributed by atoms with Crippen LogP contribution in [0.3, 0.4) is 0 Å². The highest BCUT2D eigenvalue weighted by atomic mass is 79.9. The highest BCUT2D eigenvalue weighted by Crippen LogP contribution is 2.51. The Kier molecular flexibility index (Phi) is 2.93. The van der Waals surface area contributed by atoms with E-state index in [4.69, 9.17) is 5.11 Å². The first-order chi connectivity index (χ1) is 6.77. The van der Waals surface area contributed by atoms with Crippen LogP contribution in [0.4, 0.5) is 0 Å². The molecule has 0 unspecified atom stereocenters. The lowest BCUT2D eigenvalue weighted by Gasteiger charge is -2.14. The minimum atomic E-state index is 0.318. The Labute approximate surface area is 93.3 Å². The Hall–Kier alpha value is -0.340. The standard InChI is InChI=1S/C12H15BrO/c13-11-4-2-10(3-5-11)12(7-8-12)6-1-9-14/h2-5,14H,1,6-9H2. The Morgan fingerprint density at radius 1 is 1.21 bits per heavy atom. The van der Waals surface area contributed by atoms with Crippen molar-refractivity contribution >= 4 is 15.9 Å². The van der Waals surface area contributed by atoms with E-state index in [1.165, 1.54) is 18.4 Å². The molecule has 0 heterocycles. The quantitative estimate of drug-likeness (QED) is 0.875. The zero-order valence-electron chi connectivity index (χ0n) is 8.17. The maximum Gasteiger partial charge on any atom is 0.0431 e. The molecular weight excluding hydrogens is 240 g/mol. The van der Waals surface area contributed by atoms with Gasteiger partial charge in [-0.25, -0.2) is 0 Å². The van der Waals surface area contributed by atoms with Crippen LogP contribution in [-0.2, 0) is 5.41 Å². The fourth-order valence-electron chi connectivity index (χ4n) is 2.05. The highest BCUT2D eigenvalue weighted by molar-refractivity contribution is 9.10. The summed E-state index contributed by atoms with van der Waals surface area (Å²) in [6.07, 6.45) is 4.63. The monoisotopic (exact) mass is 254 g/mol. The van der Waals surface area contributed by atoms with Crippen molar-refractivity contribution in [3.63, 3.8) is 0 Å². The molecule has 0 radical (unpaired) electrons. The van der Waals surface area contributed by atoms with E-state index < -0.39 is 0 Å². The van der Waals surface area contributed by atoms with E-state index >= 15 is 0 Å². The van der Waals surface area contributed by atoms with Gasteiger partial charge in [0.15, 0.2) is 0 Å². The zero-order valence-corrected chi connectivity index (χ0v) is 9.76. The third kappa shape index (κ3) is 2.01. The van der Waals surface area contributed by atoms with Crippen molar-refractivity contribution in [2.45, 2.75) is 31.1 Å². The summed E-state index contributed by atoms with van der Waals surface area (Å²) in [5.41, 5.74) is 1.85. The average molecular weight is 255 g/mol. The summed E-state index contributed by atoms with van der Waals surface area (Å²) in [5, 5.41) is 8.84. The van der Waals surface area contributed by atoms with E-state index in [-0.39, 0.29) is 0 Å². The molecule has 1 nitrogen and oxygen atoms in total. The smallest absolute Gasteiger partial charge is 0.0431 e. The second kappa shape index (κ2) is 4.03. The van der Waals surface area contributed by atoms with Crippen LogP contribution in [0, 0.1) is 0 Å². The number of rotatable bonds is 4. The summed E-state index contributed by atoms with van der Waals surface area (Å²) in [6.45, 7) is 0.318. The molecule has 0 saturated heterocycles. The Bertz CT molecular complexity index is 301. The first-order valence-corrected chi connectivity index (χ1v) is 5.93. The maximum atomic E-state index is 8.84. The van der Waals surface area contributed by atoms with Crippen LogP contribution in [0.2, 0.25) is 0 Å². The van der Waals surface area contributed by atoms with Gasteiger partial charge in [0.05, 0.1) is 0 Å². The molecule has 1 aliphatic rings. The fraction of sp³-hybridized carbons (Fsp3) is 0.500. The number of aliphatic hydroxyl groups excluding tert-OH is 1. The van der Waals surface area contributed by atoms with Crippen molar-refractivity contribution in [1.29, 1.82) is 0 Å². The molecule has 0 amide bonds. The fourth-order valence-corrected chi connectivity index (χ4v) is 2.32. The number of halogens is 1. The molecule has 1 N–H and O–H groups in total. The molecule has 1 fully saturated rings. The molecule has 1 aromatic carbocycles. The molecule has 1 aromatic rings. The summed E-state index contributed by atoms with van der Waals surface area (Å²) < 4.78 is 1.14. The van der Waals surface area contributed by atoms with E-state index in [1.807, 2.05) is 0 Å². The van der Waals surface area contributed by atoms with Crippen LogP contribution in [0.25, 0.3) is 0 Å². The first-order valence-electron chi connectivity index (χ1n) is 5.14. The number of hydrogen-bond acceptors (Lipinski definition) is 1. The Morgan fingerprint density at radius 3 is 2.36 bits per heavy atom. The predicted molar refractivity (Wildman–Crippen MR) is 61.4 cm³/mol. The number of aliphatic hydroxyl groups is 1. The van der Waals surface area contributed by atoms with Crippen LogP contribution in [0.1, 0.15) is 31.2 Å². The molecule has 76 valence electrons. The van der Waals surface area contributed by atoms with Gasteiger partial charge in [-0.3, -0.25) is 0 Å². The molecule has 0 bridgehead atoms. The minimum Gasteiger partial charge on any atom is -0.396 e. The van der Waals surface area contributed by atoms with E-state index in [9.17, 15) is 0 Å². The SMILES string of the molecule is OCCCC1(c2ccc(Br)cc2)CC1. The van der Waals surface area contributed by atoms with Gasteiger partial charge in [-0.2, -0.15) is 0 Å². The maximum absolute atomic E-state index is 8.84. The molecule has 1 aliphatic carbocycles. The summed E-state index contributed by atoms with van der Waals surface area (Å²) in [4.78, 5) is 0. The largest absolute Gasteiger partial charge is 0.396 e. The van der Waals surface area contributed by atoms with Crippen molar-refractivity contribution in [3.8, 4) is 0 Å². The summed E-state index contributed by atoms with van der Waals surface area (Å²) in [6, 6.07) is 8.62. The molecule has 0 aliphatic heterocycles. The summed E-state index contributed by atoms with van der Waals surface area (Å²) >= 11 is 3.45. The van der Waals surface area contributed by atoms with E-state index in [0.29, 0.717) is 12.0 Å². The van der Waals surface area contributed by atoms with Crippen molar-refractivity contribution in [1.82, 2.24) is 0 Å². The van der Waals surface area contributed by atoms with Gasteiger partial charge >= 0.3 is 0 Å². The van der Waals surface area contributed by atoms with Crippen molar-refractivity contribution < 1.29 is 5.11 Å². The van der Waals surface area contributed by atoms with Gasteiger partial charge in [-0.1, -0.05) is 28.1 Å². The molecule has 2 rings (SSSR count). The van der Waals surface area contributed by atoms with Crippen LogP contribution < -0.4 is 0 Å². The lowest BCUT2D eigenvalue weighted by atomic mass is 9.91. The van der Waals surface area contributed by atoms with Gasteiger partial charge in [0.25, 0.3) is 0 Å². The molecule has 0 atom stereocenters. The normalized spacial score (nSPS) is 18.1. The third-order valence-electron chi connectivity index (χ3n) is 3.12. The van der Waals surface area contributed by atoms with Gasteiger partial charge in [0.1, 0.15) is 0 Å². The Morgan fingerprint density at radius 2 is 1.86 bits per heavy atom. The van der Waals surface area contributed by atoms with E-state index in [2.05, 4.69) is 40.2 Å². The number of hydrogen-bond donors (Lipinski definition) is 1. The summed E-state index contributed by atoms with van der Waals surface area (Å²) in [5.74, 6) is 0. The molecule has 0 aromatic heterocycles. The second-order valence-corrected chi connectivity index (χ2v) is 5.03. The number of benzene rings is 1. The van der Waals surface area contributed by atoms with Crippen LogP contribution in [0.15, 0.2) is 28.7 Å². The lowest BCUT2D eigenvalue weighted by Crippen LogP contribution is -2.06. The Balaban J connectivity index is 2.10. The van der Waals surface area contributed by atoms with Gasteiger partial charge in [-0.05, 0) is 48.8 Å². The third-order valence-corrected chi connectivity index (χ3v) is 3.65. The topological polar surface area (TPSA) is 20.2 Å². The predicted octanol–water partition coefficient (Wildman–Crippen LogP) is 3.25. The molecule has 2 heteroatoms. The van der Waals surface area contributed by atoms with Gasteiger partial charge in [0, 0.05) is 11.1 Å². The molecule has 0 spiro atoms. The highest BCUT2D eigenvalue weighted by Gasteiger charge is 2.43. The van der Waals surface area contributed by atoms with Gasteiger partial charge in [0.2, 0.25) is 0 Å². The van der Waals surface area contributed by atoms with Crippen molar-refractivity contribution in [2.24, 2.45) is 0 Å². The van der Waals surface area contributed by atoms with Crippen molar-refractivity contribution in [2.75, 3.05) is 6.61 Å². The van der Waals surface area contributed by atoms with Crippen LogP contribution in [-0.4, -0.2) is 11.7 Å². The van der Waals surface area contributed by atoms with Crippen LogP contribution >= 0.6 is 15.9 Å². The van der Waals surface area contributed by atoms with Gasteiger partial charge < -0.3 is 5.11 Å². The second-order valence-electron chi connectivity index (χ2n) is 4.11. The average Bonchev–Trinajstić information content (AvgIpc) is 2.97. The minimum absolute atomic E-state index is 0.318. The first kappa shape index (κ1) is 10.2. The van der Waals surface area contributed by atoms with Crippen LogP contribution in [0.5, 0.6) is 0 Å².